The van der Waals surface area contributed by atoms with Gasteiger partial charge in [-0.1, -0.05) is 26.0 Å². The van der Waals surface area contributed by atoms with Gasteiger partial charge < -0.3 is 14.5 Å². The molecule has 1 rings (SSSR count). The first-order valence-corrected chi connectivity index (χ1v) is 7.74. The highest BCUT2D eigenvalue weighted by molar-refractivity contribution is 5.27. The number of ether oxygens (including phenoxy) is 1. The van der Waals surface area contributed by atoms with Crippen molar-refractivity contribution in [2.45, 2.75) is 26.7 Å². The Morgan fingerprint density at radius 1 is 0.950 bits per heavy atom. The van der Waals surface area contributed by atoms with Gasteiger partial charge in [-0.25, -0.2) is 0 Å². The fourth-order valence-corrected chi connectivity index (χ4v) is 2.18. The summed E-state index contributed by atoms with van der Waals surface area (Å²) >= 11 is 0. The van der Waals surface area contributed by atoms with E-state index in [1.54, 1.807) is 0 Å². The Balaban J connectivity index is 2.28. The number of benzene rings is 1. The summed E-state index contributed by atoms with van der Waals surface area (Å²) in [7, 11) is 4.24. The van der Waals surface area contributed by atoms with Crippen molar-refractivity contribution >= 4 is 0 Å². The predicted molar refractivity (Wildman–Crippen MR) is 86.6 cm³/mol. The van der Waals surface area contributed by atoms with Crippen LogP contribution in [0.15, 0.2) is 24.3 Å². The second-order valence-corrected chi connectivity index (χ2v) is 5.43. The third kappa shape index (κ3) is 6.92. The van der Waals surface area contributed by atoms with Gasteiger partial charge in [0.1, 0.15) is 12.4 Å². The van der Waals surface area contributed by atoms with Crippen molar-refractivity contribution in [1.29, 1.82) is 0 Å². The molecule has 0 bridgehead atoms. The number of aryl methyl sites for hydroxylation is 1. The molecule has 0 spiro atoms. The van der Waals surface area contributed by atoms with Crippen molar-refractivity contribution in [2.75, 3.05) is 46.9 Å². The van der Waals surface area contributed by atoms with Crippen LogP contribution in [0.4, 0.5) is 0 Å². The molecule has 0 amide bonds. The minimum atomic E-state index is 0.766. The highest BCUT2D eigenvalue weighted by Gasteiger charge is 2.00. The first-order valence-electron chi connectivity index (χ1n) is 7.74. The third-order valence-corrected chi connectivity index (χ3v) is 3.56. The second-order valence-electron chi connectivity index (χ2n) is 5.43. The Kier molecular flexibility index (Phi) is 8.31. The molecule has 20 heavy (non-hydrogen) atoms. The summed E-state index contributed by atoms with van der Waals surface area (Å²) in [6.45, 7) is 9.45. The van der Waals surface area contributed by atoms with E-state index in [0.717, 1.165) is 45.0 Å². The second kappa shape index (κ2) is 9.78. The maximum atomic E-state index is 5.79. The minimum Gasteiger partial charge on any atom is -0.492 e. The largest absolute Gasteiger partial charge is 0.492 e. The molecule has 0 aliphatic carbocycles. The van der Waals surface area contributed by atoms with Crippen LogP contribution in [0.2, 0.25) is 0 Å². The van der Waals surface area contributed by atoms with Crippen LogP contribution in [0, 0.1) is 0 Å². The standard InChI is InChI=1S/C17H30N2O/c1-5-19(6-2)14-15-20-17-11-9-16(10-12-17)8-7-13-18(3)4/h9-12H,5-8,13-15H2,1-4H3. The lowest BCUT2D eigenvalue weighted by Crippen LogP contribution is -2.27. The number of rotatable bonds is 10. The molecule has 1 aromatic carbocycles. The average Bonchev–Trinajstić information content (AvgIpc) is 2.45. The molecule has 114 valence electrons. The summed E-state index contributed by atoms with van der Waals surface area (Å²) in [6.07, 6.45) is 2.34. The Morgan fingerprint density at radius 2 is 1.60 bits per heavy atom. The lowest BCUT2D eigenvalue weighted by Gasteiger charge is -2.18. The third-order valence-electron chi connectivity index (χ3n) is 3.56. The summed E-state index contributed by atoms with van der Waals surface area (Å²) in [4.78, 5) is 4.60. The molecular weight excluding hydrogens is 248 g/mol. The molecule has 0 heterocycles. The molecule has 0 fully saturated rings. The van der Waals surface area contributed by atoms with Crippen LogP contribution >= 0.6 is 0 Å². The van der Waals surface area contributed by atoms with Gasteiger partial charge in [-0.3, -0.25) is 0 Å². The SMILES string of the molecule is CCN(CC)CCOc1ccc(CCCN(C)C)cc1. The van der Waals surface area contributed by atoms with Crippen molar-refractivity contribution in [3.63, 3.8) is 0 Å². The highest BCUT2D eigenvalue weighted by atomic mass is 16.5. The molecule has 0 saturated carbocycles. The van der Waals surface area contributed by atoms with E-state index in [-0.39, 0.29) is 0 Å². The summed E-state index contributed by atoms with van der Waals surface area (Å²) < 4.78 is 5.79. The van der Waals surface area contributed by atoms with Crippen molar-refractivity contribution in [1.82, 2.24) is 9.80 Å². The Bertz CT molecular complexity index is 345. The first kappa shape index (κ1) is 17.0. The molecule has 3 nitrogen and oxygen atoms in total. The molecule has 0 saturated heterocycles. The molecule has 1 aromatic rings. The van der Waals surface area contributed by atoms with Gasteiger partial charge in [0.15, 0.2) is 0 Å². The molecule has 0 atom stereocenters. The molecule has 0 radical (unpaired) electrons. The molecule has 0 unspecified atom stereocenters. The Morgan fingerprint density at radius 3 is 2.15 bits per heavy atom. The lowest BCUT2D eigenvalue weighted by molar-refractivity contribution is 0.223. The van der Waals surface area contributed by atoms with E-state index in [4.69, 9.17) is 4.74 Å². The topological polar surface area (TPSA) is 15.7 Å². The quantitative estimate of drug-likeness (QED) is 0.654. The van der Waals surface area contributed by atoms with Gasteiger partial charge in [-0.15, -0.1) is 0 Å². The van der Waals surface area contributed by atoms with Crippen molar-refractivity contribution < 1.29 is 4.74 Å². The number of hydrogen-bond donors (Lipinski definition) is 0. The maximum Gasteiger partial charge on any atom is 0.119 e. The van der Waals surface area contributed by atoms with Gasteiger partial charge >= 0.3 is 0 Å². The highest BCUT2D eigenvalue weighted by Crippen LogP contribution is 2.13. The lowest BCUT2D eigenvalue weighted by atomic mass is 10.1. The molecule has 0 N–H and O–H groups in total. The van der Waals surface area contributed by atoms with Crippen molar-refractivity contribution in [3.8, 4) is 5.75 Å². The summed E-state index contributed by atoms with van der Waals surface area (Å²) in [5, 5.41) is 0. The van der Waals surface area contributed by atoms with Gasteiger partial charge in [0, 0.05) is 6.54 Å². The average molecular weight is 278 g/mol. The fourth-order valence-electron chi connectivity index (χ4n) is 2.18. The van der Waals surface area contributed by atoms with Crippen LogP contribution in [-0.4, -0.2) is 56.7 Å². The van der Waals surface area contributed by atoms with E-state index in [1.807, 2.05) is 0 Å². The van der Waals surface area contributed by atoms with Crippen LogP contribution in [0.3, 0.4) is 0 Å². The Hall–Kier alpha value is -1.06. The van der Waals surface area contributed by atoms with E-state index in [9.17, 15) is 0 Å². The normalized spacial score (nSPS) is 11.3. The van der Waals surface area contributed by atoms with Crippen molar-refractivity contribution in [2.24, 2.45) is 0 Å². The van der Waals surface area contributed by atoms with Gasteiger partial charge in [-0.2, -0.15) is 0 Å². The zero-order valence-electron chi connectivity index (χ0n) is 13.6. The van der Waals surface area contributed by atoms with Crippen LogP contribution in [-0.2, 0) is 6.42 Å². The zero-order chi connectivity index (χ0) is 14.8. The minimum absolute atomic E-state index is 0.766. The maximum absolute atomic E-state index is 5.79. The van der Waals surface area contributed by atoms with Crippen molar-refractivity contribution in [3.05, 3.63) is 29.8 Å². The molecule has 3 heteroatoms. The summed E-state index contributed by atoms with van der Waals surface area (Å²) in [6, 6.07) is 8.55. The number of likely N-dealkylation sites (N-methyl/N-ethyl adjacent to an activating group) is 1. The number of hydrogen-bond acceptors (Lipinski definition) is 3. The predicted octanol–water partition coefficient (Wildman–Crippen LogP) is 2.90. The van der Waals surface area contributed by atoms with Gasteiger partial charge in [0.05, 0.1) is 0 Å². The van der Waals surface area contributed by atoms with Gasteiger partial charge in [-0.05, 0) is 64.3 Å². The molecule has 0 aliphatic heterocycles. The van der Waals surface area contributed by atoms with E-state index in [2.05, 4.69) is 62.0 Å². The fraction of sp³-hybridized carbons (Fsp3) is 0.647. The van der Waals surface area contributed by atoms with Gasteiger partial charge in [0.2, 0.25) is 0 Å². The summed E-state index contributed by atoms with van der Waals surface area (Å²) in [5.41, 5.74) is 1.39. The van der Waals surface area contributed by atoms with E-state index in [0.29, 0.717) is 0 Å². The summed E-state index contributed by atoms with van der Waals surface area (Å²) in [5.74, 6) is 0.980. The van der Waals surface area contributed by atoms with E-state index in [1.165, 1.54) is 12.0 Å². The van der Waals surface area contributed by atoms with Gasteiger partial charge in [0.25, 0.3) is 0 Å². The molecular formula is C17H30N2O. The molecule has 0 aromatic heterocycles. The smallest absolute Gasteiger partial charge is 0.119 e. The van der Waals surface area contributed by atoms with Crippen LogP contribution < -0.4 is 4.74 Å². The first-order chi connectivity index (χ1) is 9.65. The van der Waals surface area contributed by atoms with Crippen LogP contribution in [0.25, 0.3) is 0 Å². The Labute approximate surface area is 124 Å². The van der Waals surface area contributed by atoms with E-state index < -0.39 is 0 Å². The monoisotopic (exact) mass is 278 g/mol. The van der Waals surface area contributed by atoms with Crippen LogP contribution in [0.5, 0.6) is 5.75 Å². The number of nitrogens with zero attached hydrogens (tertiary/aromatic N) is 2. The van der Waals surface area contributed by atoms with Crippen LogP contribution in [0.1, 0.15) is 25.8 Å². The van der Waals surface area contributed by atoms with E-state index >= 15 is 0 Å². The zero-order valence-corrected chi connectivity index (χ0v) is 13.6. The molecule has 0 aliphatic rings.